The number of anilines is 3. The number of hydrogen-bond acceptors (Lipinski definition) is 6. The molecule has 0 radical (unpaired) electrons. The molecule has 0 saturated carbocycles. The molecule has 7 heteroatoms. The lowest BCUT2D eigenvalue weighted by molar-refractivity contribution is 0.0966. The van der Waals surface area contributed by atoms with Crippen molar-refractivity contribution in [1.29, 1.82) is 0 Å². The van der Waals surface area contributed by atoms with Gasteiger partial charge >= 0.3 is 0 Å². The van der Waals surface area contributed by atoms with Crippen LogP contribution in [0, 0.1) is 0 Å². The van der Waals surface area contributed by atoms with E-state index in [2.05, 4.69) is 20.6 Å². The van der Waals surface area contributed by atoms with Crippen LogP contribution in [0.25, 0.3) is 11.3 Å². The highest BCUT2D eigenvalue weighted by Crippen LogP contribution is 2.32. The number of fused-ring (bicyclic) bond motifs is 1. The molecule has 26 heavy (non-hydrogen) atoms. The second-order valence-corrected chi connectivity index (χ2v) is 5.88. The number of amides is 1. The zero-order valence-electron chi connectivity index (χ0n) is 14.1. The van der Waals surface area contributed by atoms with Crippen LogP contribution in [0.4, 0.5) is 17.2 Å². The second-order valence-electron chi connectivity index (χ2n) is 5.88. The second kappa shape index (κ2) is 6.36. The van der Waals surface area contributed by atoms with E-state index in [4.69, 9.17) is 10.5 Å². The first kappa shape index (κ1) is 15.9. The fraction of sp³-hybridized carbons (Fsp3) is 0.105. The van der Waals surface area contributed by atoms with Gasteiger partial charge in [-0.25, -0.2) is 9.97 Å². The van der Waals surface area contributed by atoms with Crippen molar-refractivity contribution < 1.29 is 9.53 Å². The highest BCUT2D eigenvalue weighted by atomic mass is 16.5. The third-order valence-corrected chi connectivity index (χ3v) is 4.28. The molecule has 0 saturated heterocycles. The van der Waals surface area contributed by atoms with Crippen LogP contribution in [-0.2, 0) is 6.54 Å². The molecule has 130 valence electrons. The van der Waals surface area contributed by atoms with Crippen LogP contribution >= 0.6 is 0 Å². The van der Waals surface area contributed by atoms with E-state index in [0.717, 1.165) is 28.3 Å². The van der Waals surface area contributed by atoms with E-state index in [1.54, 1.807) is 13.2 Å². The van der Waals surface area contributed by atoms with Gasteiger partial charge in [0.15, 0.2) is 0 Å². The molecule has 0 spiro atoms. The molecule has 0 atom stereocenters. The van der Waals surface area contributed by atoms with Gasteiger partial charge in [0.2, 0.25) is 0 Å². The lowest BCUT2D eigenvalue weighted by Crippen LogP contribution is -2.13. The molecule has 0 fully saturated rings. The Balaban J connectivity index is 1.70. The van der Waals surface area contributed by atoms with Crippen LogP contribution in [0.5, 0.6) is 5.75 Å². The molecule has 2 aromatic carbocycles. The van der Waals surface area contributed by atoms with E-state index >= 15 is 0 Å². The molecule has 1 aromatic heterocycles. The number of ether oxygens (including phenoxy) is 1. The SMILES string of the molecule is COc1cccc(Nc2cc(-c3ccc(N)c4c3CNC4=O)ncn2)c1. The van der Waals surface area contributed by atoms with Crippen LogP contribution in [0.15, 0.2) is 48.8 Å². The average Bonchev–Trinajstić information content (AvgIpc) is 3.05. The quantitative estimate of drug-likeness (QED) is 0.627. The minimum Gasteiger partial charge on any atom is -0.497 e. The minimum atomic E-state index is -0.150. The zero-order chi connectivity index (χ0) is 18.1. The number of hydrogen-bond donors (Lipinski definition) is 3. The molecule has 0 aliphatic carbocycles. The zero-order valence-corrected chi connectivity index (χ0v) is 14.1. The van der Waals surface area contributed by atoms with Gasteiger partial charge in [-0.15, -0.1) is 0 Å². The maximum Gasteiger partial charge on any atom is 0.254 e. The Morgan fingerprint density at radius 1 is 1.19 bits per heavy atom. The highest BCUT2D eigenvalue weighted by Gasteiger charge is 2.25. The summed E-state index contributed by atoms with van der Waals surface area (Å²) >= 11 is 0. The van der Waals surface area contributed by atoms with Crippen molar-refractivity contribution in [2.45, 2.75) is 6.54 Å². The topological polar surface area (TPSA) is 102 Å². The highest BCUT2D eigenvalue weighted by molar-refractivity contribution is 6.05. The molecule has 2 heterocycles. The van der Waals surface area contributed by atoms with Gasteiger partial charge in [-0.3, -0.25) is 4.79 Å². The fourth-order valence-corrected chi connectivity index (χ4v) is 3.04. The summed E-state index contributed by atoms with van der Waals surface area (Å²) in [7, 11) is 1.62. The predicted molar refractivity (Wildman–Crippen MR) is 99.3 cm³/mol. The van der Waals surface area contributed by atoms with Crippen LogP contribution in [-0.4, -0.2) is 23.0 Å². The van der Waals surface area contributed by atoms with Crippen molar-refractivity contribution in [3.05, 3.63) is 59.9 Å². The Morgan fingerprint density at radius 2 is 2.08 bits per heavy atom. The van der Waals surface area contributed by atoms with Gasteiger partial charge in [0.25, 0.3) is 5.91 Å². The minimum absolute atomic E-state index is 0.150. The summed E-state index contributed by atoms with van der Waals surface area (Å²) in [6.07, 6.45) is 1.49. The Bertz CT molecular complexity index is 1000. The molecule has 0 bridgehead atoms. The standard InChI is InChI=1S/C19H17N5O2/c1-26-12-4-2-3-11(7-12)24-17-8-16(22-10-23-17)13-5-6-15(20)18-14(13)9-21-19(18)25/h2-8,10H,9,20H2,1H3,(H,21,25)(H,22,23,24). The van der Waals surface area contributed by atoms with E-state index in [-0.39, 0.29) is 5.91 Å². The molecule has 4 rings (SSSR count). The number of rotatable bonds is 4. The van der Waals surface area contributed by atoms with Gasteiger partial charge in [0, 0.05) is 35.6 Å². The first-order valence-corrected chi connectivity index (χ1v) is 8.09. The van der Waals surface area contributed by atoms with Gasteiger partial charge in [-0.2, -0.15) is 0 Å². The van der Waals surface area contributed by atoms with Crippen LogP contribution in [0.2, 0.25) is 0 Å². The fourth-order valence-electron chi connectivity index (χ4n) is 3.04. The summed E-state index contributed by atoms with van der Waals surface area (Å²) in [6.45, 7) is 0.442. The number of benzene rings is 2. The molecule has 4 N–H and O–H groups in total. The number of nitrogens with zero attached hydrogens (tertiary/aromatic N) is 2. The third kappa shape index (κ3) is 2.79. The van der Waals surface area contributed by atoms with Crippen molar-refractivity contribution in [3.63, 3.8) is 0 Å². The Hall–Kier alpha value is -3.61. The number of methoxy groups -OCH3 is 1. The summed E-state index contributed by atoms with van der Waals surface area (Å²) in [5.41, 5.74) is 10.3. The van der Waals surface area contributed by atoms with Gasteiger partial charge in [0.1, 0.15) is 17.9 Å². The molecule has 1 amide bonds. The predicted octanol–water partition coefficient (Wildman–Crippen LogP) is 2.72. The van der Waals surface area contributed by atoms with E-state index in [1.807, 2.05) is 36.4 Å². The van der Waals surface area contributed by atoms with Gasteiger partial charge in [-0.1, -0.05) is 12.1 Å². The summed E-state index contributed by atoms with van der Waals surface area (Å²) in [5, 5.41) is 6.05. The number of carbonyl (C=O) groups is 1. The van der Waals surface area contributed by atoms with Crippen molar-refractivity contribution in [1.82, 2.24) is 15.3 Å². The summed E-state index contributed by atoms with van der Waals surface area (Å²) < 4.78 is 5.23. The van der Waals surface area contributed by atoms with Crippen molar-refractivity contribution in [3.8, 4) is 17.0 Å². The van der Waals surface area contributed by atoms with E-state index in [1.165, 1.54) is 6.33 Å². The van der Waals surface area contributed by atoms with Crippen LogP contribution in [0.1, 0.15) is 15.9 Å². The summed E-state index contributed by atoms with van der Waals surface area (Å²) in [4.78, 5) is 20.6. The van der Waals surface area contributed by atoms with E-state index in [0.29, 0.717) is 23.6 Å². The normalized spacial score (nSPS) is 12.4. The lowest BCUT2D eigenvalue weighted by atomic mass is 9.99. The molecule has 7 nitrogen and oxygen atoms in total. The maximum absolute atomic E-state index is 12.0. The van der Waals surface area contributed by atoms with Gasteiger partial charge in [-0.05, 0) is 23.8 Å². The molecule has 3 aromatic rings. The Kier molecular flexibility index (Phi) is 3.89. The van der Waals surface area contributed by atoms with Gasteiger partial charge < -0.3 is 21.1 Å². The monoisotopic (exact) mass is 347 g/mol. The summed E-state index contributed by atoms with van der Waals surface area (Å²) in [6, 6.07) is 13.0. The van der Waals surface area contributed by atoms with E-state index < -0.39 is 0 Å². The Morgan fingerprint density at radius 3 is 2.92 bits per heavy atom. The third-order valence-electron chi connectivity index (χ3n) is 4.28. The van der Waals surface area contributed by atoms with Gasteiger partial charge in [0.05, 0.1) is 18.4 Å². The van der Waals surface area contributed by atoms with Crippen LogP contribution < -0.4 is 21.1 Å². The van der Waals surface area contributed by atoms with Crippen molar-refractivity contribution >= 4 is 23.1 Å². The number of nitrogen functional groups attached to an aromatic ring is 1. The first-order chi connectivity index (χ1) is 12.7. The Labute approximate surface area is 150 Å². The molecule has 1 aliphatic rings. The molecule has 1 aliphatic heterocycles. The largest absolute Gasteiger partial charge is 0.497 e. The first-order valence-electron chi connectivity index (χ1n) is 8.09. The lowest BCUT2D eigenvalue weighted by Gasteiger charge is -2.11. The molecule has 0 unspecified atom stereocenters. The van der Waals surface area contributed by atoms with Crippen LogP contribution in [0.3, 0.4) is 0 Å². The van der Waals surface area contributed by atoms with E-state index in [9.17, 15) is 4.79 Å². The number of aromatic nitrogens is 2. The molecular weight excluding hydrogens is 330 g/mol. The smallest absolute Gasteiger partial charge is 0.254 e. The maximum atomic E-state index is 12.0. The van der Waals surface area contributed by atoms with Crippen molar-refractivity contribution in [2.24, 2.45) is 0 Å². The molecular formula is C19H17N5O2. The average molecular weight is 347 g/mol. The number of nitrogens with two attached hydrogens (primary N) is 1. The van der Waals surface area contributed by atoms with Crippen molar-refractivity contribution in [2.75, 3.05) is 18.2 Å². The number of carbonyl (C=O) groups excluding carboxylic acids is 1. The number of nitrogens with one attached hydrogen (secondary N) is 2. The summed E-state index contributed by atoms with van der Waals surface area (Å²) in [5.74, 6) is 1.25.